The van der Waals surface area contributed by atoms with Crippen molar-refractivity contribution in [1.29, 1.82) is 0 Å². The van der Waals surface area contributed by atoms with Gasteiger partial charge < -0.3 is 10.1 Å². The first-order chi connectivity index (χ1) is 12.5. The summed E-state index contributed by atoms with van der Waals surface area (Å²) >= 11 is 6.30. The minimum absolute atomic E-state index is 0.0199. The van der Waals surface area contributed by atoms with Gasteiger partial charge in [-0.1, -0.05) is 41.9 Å². The molecule has 0 saturated carbocycles. The van der Waals surface area contributed by atoms with E-state index in [1.165, 1.54) is 23.5 Å². The van der Waals surface area contributed by atoms with Crippen LogP contribution in [0, 0.1) is 0 Å². The van der Waals surface area contributed by atoms with Gasteiger partial charge in [0.15, 0.2) is 0 Å². The maximum Gasteiger partial charge on any atom is 0.339 e. The number of carbonyl (C=O) groups is 1. The van der Waals surface area contributed by atoms with Crippen LogP contribution < -0.4 is 5.32 Å². The van der Waals surface area contributed by atoms with Gasteiger partial charge in [-0.15, -0.1) is 0 Å². The third-order valence-electron chi connectivity index (χ3n) is 4.34. The molecule has 3 rings (SSSR count). The fourth-order valence-corrected chi connectivity index (χ4v) is 5.13. The molecule has 2 aromatic rings. The Balaban J connectivity index is 2.08. The van der Waals surface area contributed by atoms with E-state index < -0.39 is 22.0 Å². The topological polar surface area (TPSA) is 75.7 Å². The predicted molar refractivity (Wildman–Crippen MR) is 98.7 cm³/mol. The Kier molecular flexibility index (Phi) is 5.62. The normalized spacial score (nSPS) is 18.5. The summed E-state index contributed by atoms with van der Waals surface area (Å²) in [6, 6.07) is 12.8. The van der Waals surface area contributed by atoms with E-state index in [-0.39, 0.29) is 17.0 Å². The van der Waals surface area contributed by atoms with E-state index in [0.717, 1.165) is 5.56 Å². The molecule has 0 bridgehead atoms. The Labute approximate surface area is 157 Å². The fourth-order valence-electron chi connectivity index (χ4n) is 3.08. The molecule has 1 fully saturated rings. The molecule has 138 valence electrons. The molecule has 8 heteroatoms. The highest BCUT2D eigenvalue weighted by atomic mass is 35.5. The first-order valence-electron chi connectivity index (χ1n) is 8.11. The molecule has 1 heterocycles. The summed E-state index contributed by atoms with van der Waals surface area (Å²) < 4.78 is 32.9. The van der Waals surface area contributed by atoms with Crippen molar-refractivity contribution in [3.8, 4) is 0 Å². The van der Waals surface area contributed by atoms with E-state index in [1.807, 2.05) is 12.1 Å². The standard InChI is InChI=1S/C18H19ClN2O4S/c1-25-18(22)14-7-3-5-9-17(14)26(23,24)21-11-10-20-12-16(21)13-6-2-4-8-15(13)19/h2-9,16,20H,10-12H2,1H3. The predicted octanol–water partition coefficient (Wildman–Crippen LogP) is 2.46. The number of carbonyl (C=O) groups excluding carboxylic acids is 1. The summed E-state index contributed by atoms with van der Waals surface area (Å²) in [5.74, 6) is -0.686. The first-order valence-corrected chi connectivity index (χ1v) is 9.93. The smallest absolute Gasteiger partial charge is 0.339 e. The van der Waals surface area contributed by atoms with Crippen molar-refractivity contribution in [3.05, 3.63) is 64.7 Å². The van der Waals surface area contributed by atoms with E-state index in [2.05, 4.69) is 5.32 Å². The Morgan fingerprint density at radius 3 is 2.62 bits per heavy atom. The molecule has 0 amide bonds. The van der Waals surface area contributed by atoms with E-state index in [1.54, 1.807) is 24.3 Å². The number of hydrogen-bond donors (Lipinski definition) is 1. The van der Waals surface area contributed by atoms with Crippen LogP contribution in [0.4, 0.5) is 0 Å². The second-order valence-corrected chi connectivity index (χ2v) is 8.11. The van der Waals surface area contributed by atoms with E-state index in [9.17, 15) is 13.2 Å². The van der Waals surface area contributed by atoms with Gasteiger partial charge in [-0.05, 0) is 23.8 Å². The van der Waals surface area contributed by atoms with E-state index >= 15 is 0 Å². The van der Waals surface area contributed by atoms with Crippen molar-refractivity contribution in [1.82, 2.24) is 9.62 Å². The van der Waals surface area contributed by atoms with Crippen LogP contribution in [-0.4, -0.2) is 45.4 Å². The minimum Gasteiger partial charge on any atom is -0.465 e. The molecule has 0 aliphatic carbocycles. The lowest BCUT2D eigenvalue weighted by Gasteiger charge is -2.36. The Bertz CT molecular complexity index is 917. The van der Waals surface area contributed by atoms with Gasteiger partial charge >= 0.3 is 5.97 Å². The highest BCUT2D eigenvalue weighted by molar-refractivity contribution is 7.89. The highest BCUT2D eigenvalue weighted by Crippen LogP contribution is 2.33. The lowest BCUT2D eigenvalue weighted by Crippen LogP contribution is -2.48. The van der Waals surface area contributed by atoms with Crippen LogP contribution in [0.25, 0.3) is 0 Å². The molecule has 2 aromatic carbocycles. The number of piperazine rings is 1. The maximum atomic E-state index is 13.4. The number of sulfonamides is 1. The zero-order valence-corrected chi connectivity index (χ0v) is 15.8. The summed E-state index contributed by atoms with van der Waals surface area (Å²) in [6.45, 7) is 1.22. The van der Waals surface area contributed by atoms with Crippen LogP contribution >= 0.6 is 11.6 Å². The molecule has 1 saturated heterocycles. The first kappa shape index (κ1) is 18.8. The summed E-state index contributed by atoms with van der Waals surface area (Å²) in [4.78, 5) is 12.0. The van der Waals surface area contributed by atoms with Gasteiger partial charge in [-0.3, -0.25) is 0 Å². The molecule has 26 heavy (non-hydrogen) atoms. The molecule has 1 N–H and O–H groups in total. The van der Waals surface area contributed by atoms with Gasteiger partial charge in [0, 0.05) is 24.7 Å². The monoisotopic (exact) mass is 394 g/mol. The molecule has 1 aliphatic rings. The molecule has 1 atom stereocenters. The average Bonchev–Trinajstić information content (AvgIpc) is 2.67. The van der Waals surface area contributed by atoms with Gasteiger partial charge in [-0.25, -0.2) is 13.2 Å². The van der Waals surface area contributed by atoms with Crippen LogP contribution in [0.2, 0.25) is 5.02 Å². The van der Waals surface area contributed by atoms with Crippen LogP contribution in [0.3, 0.4) is 0 Å². The molecule has 0 aromatic heterocycles. The lowest BCUT2D eigenvalue weighted by atomic mass is 10.1. The van der Waals surface area contributed by atoms with Crippen LogP contribution in [0.5, 0.6) is 0 Å². The van der Waals surface area contributed by atoms with E-state index in [4.69, 9.17) is 16.3 Å². The fraction of sp³-hybridized carbons (Fsp3) is 0.278. The SMILES string of the molecule is COC(=O)c1ccccc1S(=O)(=O)N1CCNCC1c1ccccc1Cl. The number of nitrogens with one attached hydrogen (secondary N) is 1. The quantitative estimate of drug-likeness (QED) is 0.806. The Hall–Kier alpha value is -1.93. The minimum atomic E-state index is -3.93. The maximum absolute atomic E-state index is 13.4. The number of benzene rings is 2. The summed E-state index contributed by atoms with van der Waals surface area (Å²) in [6.07, 6.45) is 0. The molecule has 6 nitrogen and oxygen atoms in total. The summed E-state index contributed by atoms with van der Waals surface area (Å²) in [7, 11) is -2.70. The zero-order valence-electron chi connectivity index (χ0n) is 14.2. The third-order valence-corrected chi connectivity index (χ3v) is 6.65. The Morgan fingerprint density at radius 1 is 1.19 bits per heavy atom. The van der Waals surface area contributed by atoms with Crippen molar-refractivity contribution in [2.75, 3.05) is 26.7 Å². The highest BCUT2D eigenvalue weighted by Gasteiger charge is 2.37. The molecule has 0 spiro atoms. The number of halogens is 1. The van der Waals surface area contributed by atoms with Crippen molar-refractivity contribution in [3.63, 3.8) is 0 Å². The number of rotatable bonds is 4. The molecule has 1 aliphatic heterocycles. The van der Waals surface area contributed by atoms with Gasteiger partial charge in [0.1, 0.15) is 0 Å². The van der Waals surface area contributed by atoms with Crippen molar-refractivity contribution < 1.29 is 17.9 Å². The second-order valence-electron chi connectivity index (χ2n) is 5.84. The van der Waals surface area contributed by atoms with Gasteiger partial charge in [0.2, 0.25) is 10.0 Å². The number of nitrogens with zero attached hydrogens (tertiary/aromatic N) is 1. The number of esters is 1. The van der Waals surface area contributed by atoms with Crippen molar-refractivity contribution >= 4 is 27.6 Å². The average molecular weight is 395 g/mol. The number of hydrogen-bond acceptors (Lipinski definition) is 5. The van der Waals surface area contributed by atoms with Crippen LogP contribution in [0.15, 0.2) is 53.4 Å². The van der Waals surface area contributed by atoms with Gasteiger partial charge in [0.25, 0.3) is 0 Å². The number of ether oxygens (including phenoxy) is 1. The Morgan fingerprint density at radius 2 is 1.88 bits per heavy atom. The molecule has 0 radical (unpaired) electrons. The molecular formula is C18H19ClN2O4S. The van der Waals surface area contributed by atoms with Crippen molar-refractivity contribution in [2.45, 2.75) is 10.9 Å². The third kappa shape index (κ3) is 3.48. The largest absolute Gasteiger partial charge is 0.465 e. The van der Waals surface area contributed by atoms with Crippen LogP contribution in [0.1, 0.15) is 22.0 Å². The summed E-state index contributed by atoms with van der Waals surface area (Å²) in [5.41, 5.74) is 0.743. The zero-order chi connectivity index (χ0) is 18.7. The molecular weight excluding hydrogens is 376 g/mol. The number of methoxy groups -OCH3 is 1. The van der Waals surface area contributed by atoms with E-state index in [0.29, 0.717) is 18.1 Å². The molecule has 1 unspecified atom stereocenters. The van der Waals surface area contributed by atoms with Gasteiger partial charge in [-0.2, -0.15) is 4.31 Å². The lowest BCUT2D eigenvalue weighted by molar-refractivity contribution is 0.0596. The van der Waals surface area contributed by atoms with Crippen LogP contribution in [-0.2, 0) is 14.8 Å². The summed E-state index contributed by atoms with van der Waals surface area (Å²) in [5, 5.41) is 3.71. The second kappa shape index (κ2) is 7.75. The van der Waals surface area contributed by atoms with Gasteiger partial charge in [0.05, 0.1) is 23.6 Å². The van der Waals surface area contributed by atoms with Crippen molar-refractivity contribution in [2.24, 2.45) is 0 Å².